The largest absolute Gasteiger partial charge is 0.381 e. The van der Waals surface area contributed by atoms with Gasteiger partial charge in [-0.05, 0) is 36.6 Å². The lowest BCUT2D eigenvalue weighted by atomic mass is 9.90. The van der Waals surface area contributed by atoms with Crippen molar-refractivity contribution in [1.82, 2.24) is 10.1 Å². The van der Waals surface area contributed by atoms with Crippen LogP contribution in [0.2, 0.25) is 0 Å². The fraction of sp³-hybridized carbons (Fsp3) is 0.467. The molecule has 7 heteroatoms. The highest BCUT2D eigenvalue weighted by molar-refractivity contribution is 7.90. The number of aromatic nitrogens is 2. The topological polar surface area (TPSA) is 82.3 Å². The molecule has 2 aromatic rings. The zero-order chi connectivity index (χ0) is 15.7. The summed E-state index contributed by atoms with van der Waals surface area (Å²) in [5.41, 5.74) is 0.738. The highest BCUT2D eigenvalue weighted by atomic mass is 32.2. The Morgan fingerprint density at radius 2 is 1.95 bits per heavy atom. The predicted molar refractivity (Wildman–Crippen MR) is 80.2 cm³/mol. The molecule has 1 aliphatic heterocycles. The van der Waals surface area contributed by atoms with Gasteiger partial charge >= 0.3 is 0 Å². The normalized spacial score (nSPS) is 22.6. The summed E-state index contributed by atoms with van der Waals surface area (Å²) >= 11 is 0. The Kier molecular flexibility index (Phi) is 4.01. The average molecular weight is 322 g/mol. The van der Waals surface area contributed by atoms with Gasteiger partial charge in [-0.1, -0.05) is 12.1 Å². The molecule has 1 aromatic carbocycles. The number of hydrogen-bond acceptors (Lipinski definition) is 6. The van der Waals surface area contributed by atoms with Gasteiger partial charge in [0.15, 0.2) is 9.84 Å². The second-order valence-corrected chi connectivity index (χ2v) is 7.72. The van der Waals surface area contributed by atoms with Crippen LogP contribution in [0.3, 0.4) is 0 Å². The van der Waals surface area contributed by atoms with Crippen molar-refractivity contribution < 1.29 is 17.7 Å². The second-order valence-electron chi connectivity index (χ2n) is 5.70. The van der Waals surface area contributed by atoms with Gasteiger partial charge in [-0.3, -0.25) is 0 Å². The molecular weight excluding hydrogens is 304 g/mol. The van der Waals surface area contributed by atoms with E-state index in [1.807, 2.05) is 0 Å². The molecule has 3 rings (SSSR count). The van der Waals surface area contributed by atoms with Gasteiger partial charge in [-0.2, -0.15) is 4.98 Å². The quantitative estimate of drug-likeness (QED) is 0.862. The van der Waals surface area contributed by atoms with Crippen molar-refractivity contribution in [1.29, 1.82) is 0 Å². The number of ether oxygens (including phenoxy) is 1. The van der Waals surface area contributed by atoms with Gasteiger partial charge in [-0.25, -0.2) is 8.42 Å². The van der Waals surface area contributed by atoms with E-state index in [1.54, 1.807) is 24.3 Å². The predicted octanol–water partition coefficient (Wildman–Crippen LogP) is 2.28. The van der Waals surface area contributed by atoms with Crippen LogP contribution in [0.1, 0.15) is 25.2 Å². The van der Waals surface area contributed by atoms with Gasteiger partial charge in [0, 0.05) is 31.0 Å². The Bertz CT molecular complexity index is 752. The van der Waals surface area contributed by atoms with E-state index in [2.05, 4.69) is 17.1 Å². The zero-order valence-corrected chi connectivity index (χ0v) is 13.3. The molecule has 2 atom stereocenters. The van der Waals surface area contributed by atoms with Crippen LogP contribution in [0, 0.1) is 5.92 Å². The molecule has 0 saturated carbocycles. The van der Waals surface area contributed by atoms with Crippen LogP contribution in [0.25, 0.3) is 11.4 Å². The molecule has 0 amide bonds. The molecule has 1 fully saturated rings. The van der Waals surface area contributed by atoms with Crippen molar-refractivity contribution in [3.63, 3.8) is 0 Å². The SMILES string of the molecule is C[C@@H]1COCC[C@@H]1c1nc(-c2ccc(S(C)(=O)=O)cc2)no1. The Balaban J connectivity index is 1.84. The minimum absolute atomic E-state index is 0.213. The molecule has 22 heavy (non-hydrogen) atoms. The van der Waals surface area contributed by atoms with E-state index in [1.165, 1.54) is 6.26 Å². The lowest BCUT2D eigenvalue weighted by molar-refractivity contribution is 0.0392. The first-order valence-corrected chi connectivity index (χ1v) is 9.06. The molecular formula is C15H18N2O4S. The molecule has 2 heterocycles. The number of rotatable bonds is 3. The summed E-state index contributed by atoms with van der Waals surface area (Å²) in [4.78, 5) is 4.74. The molecule has 1 aliphatic rings. The summed E-state index contributed by atoms with van der Waals surface area (Å²) in [5.74, 6) is 1.66. The first kappa shape index (κ1) is 15.2. The Hall–Kier alpha value is -1.73. The van der Waals surface area contributed by atoms with E-state index in [9.17, 15) is 8.42 Å². The third-order valence-corrected chi connectivity index (χ3v) is 5.07. The minimum Gasteiger partial charge on any atom is -0.381 e. The molecule has 1 saturated heterocycles. The summed E-state index contributed by atoms with van der Waals surface area (Å²) in [6, 6.07) is 6.49. The number of hydrogen-bond donors (Lipinski definition) is 0. The standard InChI is InChI=1S/C15H18N2O4S/c1-10-9-20-8-7-13(10)15-16-14(17-21-15)11-3-5-12(6-4-11)22(2,18)19/h3-6,10,13H,7-9H2,1-2H3/t10-,13+/m1/s1. The average Bonchev–Trinajstić information content (AvgIpc) is 2.96. The van der Waals surface area contributed by atoms with E-state index >= 15 is 0 Å². The first-order chi connectivity index (χ1) is 10.4. The van der Waals surface area contributed by atoms with Crippen molar-refractivity contribution >= 4 is 9.84 Å². The highest BCUT2D eigenvalue weighted by Crippen LogP contribution is 2.31. The van der Waals surface area contributed by atoms with Crippen LogP contribution in [-0.4, -0.2) is 38.0 Å². The van der Waals surface area contributed by atoms with Crippen molar-refractivity contribution in [2.45, 2.75) is 24.2 Å². The van der Waals surface area contributed by atoms with Crippen molar-refractivity contribution in [2.24, 2.45) is 5.92 Å². The maximum Gasteiger partial charge on any atom is 0.230 e. The highest BCUT2D eigenvalue weighted by Gasteiger charge is 2.28. The third kappa shape index (κ3) is 3.05. The van der Waals surface area contributed by atoms with Crippen molar-refractivity contribution in [3.8, 4) is 11.4 Å². The summed E-state index contributed by atoms with van der Waals surface area (Å²) in [7, 11) is -3.20. The zero-order valence-electron chi connectivity index (χ0n) is 12.5. The van der Waals surface area contributed by atoms with E-state index in [0.717, 1.165) is 12.0 Å². The van der Waals surface area contributed by atoms with Crippen molar-refractivity contribution in [2.75, 3.05) is 19.5 Å². The molecule has 118 valence electrons. The van der Waals surface area contributed by atoms with Gasteiger partial charge < -0.3 is 9.26 Å². The van der Waals surface area contributed by atoms with E-state index < -0.39 is 9.84 Å². The molecule has 0 aliphatic carbocycles. The van der Waals surface area contributed by atoms with Crippen LogP contribution in [0.15, 0.2) is 33.7 Å². The van der Waals surface area contributed by atoms with Gasteiger partial charge in [-0.15, -0.1) is 0 Å². The van der Waals surface area contributed by atoms with Crippen LogP contribution >= 0.6 is 0 Å². The smallest absolute Gasteiger partial charge is 0.230 e. The Morgan fingerprint density at radius 3 is 2.59 bits per heavy atom. The molecule has 0 N–H and O–H groups in total. The van der Waals surface area contributed by atoms with E-state index in [0.29, 0.717) is 30.8 Å². The number of sulfone groups is 1. The van der Waals surface area contributed by atoms with Gasteiger partial charge in [0.05, 0.1) is 4.90 Å². The maximum atomic E-state index is 11.5. The maximum absolute atomic E-state index is 11.5. The van der Waals surface area contributed by atoms with Gasteiger partial charge in [0.1, 0.15) is 0 Å². The monoisotopic (exact) mass is 322 g/mol. The summed E-state index contributed by atoms with van der Waals surface area (Å²) in [5, 5.41) is 4.01. The summed E-state index contributed by atoms with van der Waals surface area (Å²) in [6.45, 7) is 3.51. The van der Waals surface area contributed by atoms with Gasteiger partial charge in [0.2, 0.25) is 11.7 Å². The Morgan fingerprint density at radius 1 is 1.23 bits per heavy atom. The lowest BCUT2D eigenvalue weighted by Gasteiger charge is -2.25. The second kappa shape index (κ2) is 5.81. The van der Waals surface area contributed by atoms with Crippen LogP contribution < -0.4 is 0 Å². The van der Waals surface area contributed by atoms with Crippen molar-refractivity contribution in [3.05, 3.63) is 30.2 Å². The van der Waals surface area contributed by atoms with Crippen LogP contribution in [-0.2, 0) is 14.6 Å². The molecule has 0 bridgehead atoms. The fourth-order valence-electron chi connectivity index (χ4n) is 2.60. The first-order valence-electron chi connectivity index (χ1n) is 7.17. The molecule has 0 unspecified atom stereocenters. The minimum atomic E-state index is -3.20. The van der Waals surface area contributed by atoms with E-state index in [-0.39, 0.29) is 10.8 Å². The third-order valence-electron chi connectivity index (χ3n) is 3.94. The molecule has 6 nitrogen and oxygen atoms in total. The van der Waals surface area contributed by atoms with Crippen LogP contribution in [0.5, 0.6) is 0 Å². The molecule has 0 spiro atoms. The Labute approximate surface area is 129 Å². The van der Waals surface area contributed by atoms with Gasteiger partial charge in [0.25, 0.3) is 0 Å². The van der Waals surface area contributed by atoms with Crippen LogP contribution in [0.4, 0.5) is 0 Å². The summed E-state index contributed by atoms with van der Waals surface area (Å²) in [6.07, 6.45) is 2.05. The van der Waals surface area contributed by atoms with E-state index in [4.69, 9.17) is 9.26 Å². The lowest BCUT2D eigenvalue weighted by Crippen LogP contribution is -2.23. The number of benzene rings is 1. The molecule has 1 aromatic heterocycles. The fourth-order valence-corrected chi connectivity index (χ4v) is 3.23. The summed E-state index contributed by atoms with van der Waals surface area (Å²) < 4.78 is 33.7. The number of nitrogens with zero attached hydrogens (tertiary/aromatic N) is 2. The molecule has 0 radical (unpaired) electrons.